The number of thiazole rings is 1. The molecule has 2 heterocycles. The van der Waals surface area contributed by atoms with Gasteiger partial charge in [-0.1, -0.05) is 23.7 Å². The molecule has 0 atom stereocenters. The maximum absolute atomic E-state index is 11.9. The van der Waals surface area contributed by atoms with E-state index in [-0.39, 0.29) is 5.91 Å². The monoisotopic (exact) mass is 342 g/mol. The third-order valence-corrected chi connectivity index (χ3v) is 4.20. The molecule has 0 aliphatic rings. The highest BCUT2D eigenvalue weighted by atomic mass is 35.5. The summed E-state index contributed by atoms with van der Waals surface area (Å²) in [7, 11) is 0. The number of nitrogens with one attached hydrogen (secondary N) is 1. The van der Waals surface area contributed by atoms with Crippen molar-refractivity contribution in [3.05, 3.63) is 63.9 Å². The minimum atomic E-state index is -0.242. The molecular weight excluding hydrogens is 332 g/mol. The first-order chi connectivity index (χ1) is 11.2. The van der Waals surface area contributed by atoms with Gasteiger partial charge in [-0.2, -0.15) is 5.26 Å². The van der Waals surface area contributed by atoms with E-state index in [1.54, 1.807) is 24.3 Å². The summed E-state index contributed by atoms with van der Waals surface area (Å²) in [5.74, 6) is -0.242. The minimum absolute atomic E-state index is 0.242. The first kappa shape index (κ1) is 15.3. The van der Waals surface area contributed by atoms with E-state index in [2.05, 4.69) is 16.4 Å². The van der Waals surface area contributed by atoms with Crippen molar-refractivity contribution < 1.29 is 4.79 Å². The van der Waals surface area contributed by atoms with E-state index in [4.69, 9.17) is 16.9 Å². The Labute approximate surface area is 141 Å². The lowest BCUT2D eigenvalue weighted by Crippen LogP contribution is -2.20. The Morgan fingerprint density at radius 1 is 1.52 bits per heavy atom. The number of hydrogen-bond acceptors (Lipinski definition) is 4. The Morgan fingerprint density at radius 2 is 2.39 bits per heavy atom. The first-order valence-electron chi connectivity index (χ1n) is 6.73. The van der Waals surface area contributed by atoms with Gasteiger partial charge in [0.25, 0.3) is 0 Å². The zero-order valence-electron chi connectivity index (χ0n) is 11.9. The molecule has 2 aromatic heterocycles. The number of hydrogen-bond donors (Lipinski definition) is 1. The van der Waals surface area contributed by atoms with E-state index in [1.165, 1.54) is 17.4 Å². The molecule has 3 rings (SSSR count). The third-order valence-electron chi connectivity index (χ3n) is 3.17. The summed E-state index contributed by atoms with van der Waals surface area (Å²) in [6, 6.07) is 9.17. The van der Waals surface area contributed by atoms with Crippen LogP contribution in [0.3, 0.4) is 0 Å². The van der Waals surface area contributed by atoms with Crippen LogP contribution in [0.25, 0.3) is 11.0 Å². The van der Waals surface area contributed by atoms with Crippen molar-refractivity contribution in [3.63, 3.8) is 0 Å². The van der Waals surface area contributed by atoms with Gasteiger partial charge in [-0.3, -0.25) is 9.20 Å². The van der Waals surface area contributed by atoms with Gasteiger partial charge in [-0.25, -0.2) is 4.98 Å². The van der Waals surface area contributed by atoms with Crippen LogP contribution < -0.4 is 5.32 Å². The molecule has 1 N–H and O–H groups in total. The molecule has 0 radical (unpaired) electrons. The summed E-state index contributed by atoms with van der Waals surface area (Å²) < 4.78 is 1.83. The van der Waals surface area contributed by atoms with Crippen molar-refractivity contribution >= 4 is 39.9 Å². The molecule has 3 aromatic rings. The lowest BCUT2D eigenvalue weighted by molar-refractivity contribution is -0.116. The molecule has 7 heteroatoms. The van der Waals surface area contributed by atoms with Crippen LogP contribution in [0.4, 0.5) is 0 Å². The third kappa shape index (κ3) is 3.42. The number of fused-ring (bicyclic) bond motifs is 1. The maximum atomic E-state index is 11.9. The van der Waals surface area contributed by atoms with E-state index in [0.717, 1.165) is 10.5 Å². The summed E-state index contributed by atoms with van der Waals surface area (Å²) >= 11 is 7.53. The largest absolute Gasteiger partial charge is 0.348 e. The number of carbonyl (C=O) groups is 1. The van der Waals surface area contributed by atoms with Crippen LogP contribution >= 0.6 is 22.9 Å². The summed E-state index contributed by atoms with van der Waals surface area (Å²) in [5.41, 5.74) is 2.11. The number of halogens is 1. The number of nitrogens with zero attached hydrogens (tertiary/aromatic N) is 3. The Kier molecular flexibility index (Phi) is 4.42. The second kappa shape index (κ2) is 6.65. The van der Waals surface area contributed by atoms with Gasteiger partial charge in [0.1, 0.15) is 0 Å². The number of benzene rings is 1. The first-order valence-corrected chi connectivity index (χ1v) is 7.99. The molecule has 1 amide bonds. The van der Waals surface area contributed by atoms with Crippen LogP contribution in [0.1, 0.15) is 16.8 Å². The second-order valence-corrected chi connectivity index (χ2v) is 5.94. The van der Waals surface area contributed by atoms with Crippen LogP contribution in [-0.2, 0) is 11.3 Å². The molecule has 1 aromatic carbocycles. The van der Waals surface area contributed by atoms with Crippen LogP contribution in [0.15, 0.2) is 41.9 Å². The number of aromatic nitrogens is 2. The quantitative estimate of drug-likeness (QED) is 0.740. The molecule has 5 nitrogen and oxygen atoms in total. The predicted octanol–water partition coefficient (Wildman–Crippen LogP) is 3.25. The van der Waals surface area contributed by atoms with E-state index in [1.807, 2.05) is 22.0 Å². The van der Waals surface area contributed by atoms with Gasteiger partial charge in [-0.15, -0.1) is 11.3 Å². The normalized spacial score (nSPS) is 11.0. The predicted molar refractivity (Wildman–Crippen MR) is 90.1 cm³/mol. The number of carbonyl (C=O) groups excluding carboxylic acids is 1. The van der Waals surface area contributed by atoms with Gasteiger partial charge in [0.05, 0.1) is 17.3 Å². The molecule has 0 bridgehead atoms. The fraction of sp³-hybridized carbons (Fsp3) is 0.0625. The number of nitriles is 1. The lowest BCUT2D eigenvalue weighted by Gasteiger charge is -2.02. The van der Waals surface area contributed by atoms with Crippen molar-refractivity contribution in [3.8, 4) is 6.07 Å². The lowest BCUT2D eigenvalue weighted by atomic mass is 10.1. The molecule has 114 valence electrons. The molecule has 0 aliphatic heterocycles. The van der Waals surface area contributed by atoms with Crippen LogP contribution in [-0.4, -0.2) is 15.3 Å². The highest BCUT2D eigenvalue weighted by Gasteiger charge is 2.08. The van der Waals surface area contributed by atoms with Crippen molar-refractivity contribution in [1.82, 2.24) is 14.7 Å². The van der Waals surface area contributed by atoms with Gasteiger partial charge in [0, 0.05) is 24.2 Å². The zero-order chi connectivity index (χ0) is 16.2. The van der Waals surface area contributed by atoms with Crippen LogP contribution in [0.2, 0.25) is 5.15 Å². The topological polar surface area (TPSA) is 70.2 Å². The summed E-state index contributed by atoms with van der Waals surface area (Å²) in [6.45, 7) is 0.354. The standard InChI is InChI=1S/C16H11ClN4OS/c17-15-13(21-6-7-23-16(21)20-15)4-5-14(22)19-10-12-3-1-2-11(8-12)9-18/h1-8H,10H2,(H,19,22)/b5-4+. The van der Waals surface area contributed by atoms with Gasteiger partial charge in [-0.05, 0) is 23.8 Å². The average Bonchev–Trinajstić information content (AvgIpc) is 3.12. The highest BCUT2D eigenvalue weighted by Crippen LogP contribution is 2.22. The van der Waals surface area contributed by atoms with Gasteiger partial charge >= 0.3 is 0 Å². The molecule has 0 saturated heterocycles. The van der Waals surface area contributed by atoms with E-state index in [0.29, 0.717) is 23.0 Å². The Hall–Kier alpha value is -2.62. The fourth-order valence-corrected chi connectivity index (χ4v) is 3.08. The number of amides is 1. The van der Waals surface area contributed by atoms with Crippen molar-refractivity contribution in [2.24, 2.45) is 0 Å². The Balaban J connectivity index is 1.66. The SMILES string of the molecule is N#Cc1cccc(CNC(=O)/C=C/c2c(Cl)nc3sccn23)c1. The van der Waals surface area contributed by atoms with Gasteiger partial charge in [0.2, 0.25) is 5.91 Å². The van der Waals surface area contributed by atoms with E-state index >= 15 is 0 Å². The molecule has 0 unspecified atom stereocenters. The van der Waals surface area contributed by atoms with E-state index < -0.39 is 0 Å². The summed E-state index contributed by atoms with van der Waals surface area (Å²) in [4.78, 5) is 16.9. The number of imidazole rings is 1. The zero-order valence-corrected chi connectivity index (χ0v) is 13.4. The Morgan fingerprint density at radius 3 is 3.22 bits per heavy atom. The number of rotatable bonds is 4. The molecule has 0 spiro atoms. The summed E-state index contributed by atoms with van der Waals surface area (Å²) in [5, 5.41) is 13.9. The molecular formula is C16H11ClN4OS. The second-order valence-electron chi connectivity index (χ2n) is 4.71. The minimum Gasteiger partial charge on any atom is -0.348 e. The fourth-order valence-electron chi connectivity index (χ4n) is 2.08. The van der Waals surface area contributed by atoms with Gasteiger partial charge in [0.15, 0.2) is 10.1 Å². The Bertz CT molecular complexity index is 935. The van der Waals surface area contributed by atoms with Crippen LogP contribution in [0.5, 0.6) is 0 Å². The molecule has 0 fully saturated rings. The van der Waals surface area contributed by atoms with E-state index in [9.17, 15) is 4.79 Å². The smallest absolute Gasteiger partial charge is 0.244 e. The molecule has 23 heavy (non-hydrogen) atoms. The van der Waals surface area contributed by atoms with Gasteiger partial charge < -0.3 is 5.32 Å². The van der Waals surface area contributed by atoms with Crippen molar-refractivity contribution in [2.45, 2.75) is 6.54 Å². The van der Waals surface area contributed by atoms with Crippen molar-refractivity contribution in [1.29, 1.82) is 5.26 Å². The summed E-state index contributed by atoms with van der Waals surface area (Å²) in [6.07, 6.45) is 4.90. The molecule has 0 aliphatic carbocycles. The van der Waals surface area contributed by atoms with Crippen LogP contribution in [0, 0.1) is 11.3 Å². The maximum Gasteiger partial charge on any atom is 0.244 e. The van der Waals surface area contributed by atoms with Crippen molar-refractivity contribution in [2.75, 3.05) is 0 Å². The average molecular weight is 343 g/mol. The highest BCUT2D eigenvalue weighted by molar-refractivity contribution is 7.15. The molecule has 0 saturated carbocycles.